The molecule has 6 heteroatoms. The van der Waals surface area contributed by atoms with Crippen molar-refractivity contribution in [2.24, 2.45) is 0 Å². The van der Waals surface area contributed by atoms with Gasteiger partial charge in [0.1, 0.15) is 0 Å². The normalized spacial score (nSPS) is 15.8. The first-order valence-corrected chi connectivity index (χ1v) is 10.6. The van der Waals surface area contributed by atoms with Crippen molar-refractivity contribution in [2.75, 3.05) is 11.5 Å². The summed E-state index contributed by atoms with van der Waals surface area (Å²) in [7, 11) is 0. The molecule has 3 rings (SSSR count). The van der Waals surface area contributed by atoms with Gasteiger partial charge in [-0.15, -0.1) is 11.8 Å². The summed E-state index contributed by atoms with van der Waals surface area (Å²) in [6.45, 7) is 3.86. The van der Waals surface area contributed by atoms with Gasteiger partial charge in [0.2, 0.25) is 5.91 Å². The SMILES string of the molecule is CC(C)NC(=O)CSc1ccccc1C(=O)NC1CCCc2cc(N)ccc21. The van der Waals surface area contributed by atoms with Crippen LogP contribution in [0.2, 0.25) is 0 Å². The van der Waals surface area contributed by atoms with Crippen molar-refractivity contribution < 1.29 is 9.59 Å². The molecule has 0 saturated heterocycles. The number of hydrogen-bond acceptors (Lipinski definition) is 4. The minimum atomic E-state index is -0.109. The monoisotopic (exact) mass is 397 g/mol. The molecule has 0 aromatic heterocycles. The summed E-state index contributed by atoms with van der Waals surface area (Å²) in [6, 6.07) is 13.4. The zero-order chi connectivity index (χ0) is 20.1. The van der Waals surface area contributed by atoms with Crippen LogP contribution in [0.25, 0.3) is 0 Å². The molecule has 28 heavy (non-hydrogen) atoms. The van der Waals surface area contributed by atoms with Gasteiger partial charge in [-0.25, -0.2) is 0 Å². The number of benzene rings is 2. The van der Waals surface area contributed by atoms with Gasteiger partial charge in [0.15, 0.2) is 0 Å². The number of amides is 2. The fourth-order valence-electron chi connectivity index (χ4n) is 3.51. The first kappa shape index (κ1) is 20.3. The smallest absolute Gasteiger partial charge is 0.252 e. The molecule has 0 heterocycles. The third-order valence-corrected chi connectivity index (χ3v) is 5.80. The maximum atomic E-state index is 13.0. The lowest BCUT2D eigenvalue weighted by Gasteiger charge is -2.27. The number of hydrogen-bond donors (Lipinski definition) is 3. The number of fused-ring (bicyclic) bond motifs is 1. The Morgan fingerprint density at radius 3 is 2.79 bits per heavy atom. The number of rotatable bonds is 6. The summed E-state index contributed by atoms with van der Waals surface area (Å²) in [5.41, 5.74) is 9.63. The van der Waals surface area contributed by atoms with Gasteiger partial charge in [-0.3, -0.25) is 9.59 Å². The van der Waals surface area contributed by atoms with Crippen LogP contribution >= 0.6 is 11.8 Å². The van der Waals surface area contributed by atoms with Gasteiger partial charge in [-0.1, -0.05) is 18.2 Å². The molecule has 2 amide bonds. The van der Waals surface area contributed by atoms with Crippen LogP contribution < -0.4 is 16.4 Å². The minimum Gasteiger partial charge on any atom is -0.399 e. The molecule has 0 spiro atoms. The van der Waals surface area contributed by atoms with Crippen molar-refractivity contribution in [1.29, 1.82) is 0 Å². The van der Waals surface area contributed by atoms with E-state index in [9.17, 15) is 9.59 Å². The van der Waals surface area contributed by atoms with Crippen molar-refractivity contribution in [3.05, 3.63) is 59.2 Å². The Labute approximate surface area is 170 Å². The number of carbonyl (C=O) groups excluding carboxylic acids is 2. The van der Waals surface area contributed by atoms with Crippen LogP contribution in [0.4, 0.5) is 5.69 Å². The molecule has 5 nitrogen and oxygen atoms in total. The van der Waals surface area contributed by atoms with Gasteiger partial charge in [0, 0.05) is 16.6 Å². The van der Waals surface area contributed by atoms with E-state index in [1.807, 2.05) is 56.3 Å². The average molecular weight is 398 g/mol. The molecule has 0 saturated carbocycles. The topological polar surface area (TPSA) is 84.2 Å². The van der Waals surface area contributed by atoms with Crippen LogP contribution in [0.1, 0.15) is 54.2 Å². The maximum absolute atomic E-state index is 13.0. The Balaban J connectivity index is 1.71. The highest BCUT2D eigenvalue weighted by Crippen LogP contribution is 2.32. The summed E-state index contributed by atoms with van der Waals surface area (Å²) in [5, 5.41) is 6.05. The molecule has 148 valence electrons. The number of anilines is 1. The zero-order valence-electron chi connectivity index (χ0n) is 16.3. The Hall–Kier alpha value is -2.47. The molecular weight excluding hydrogens is 370 g/mol. The molecule has 2 aromatic rings. The first-order chi connectivity index (χ1) is 13.4. The molecule has 1 aliphatic carbocycles. The quantitative estimate of drug-likeness (QED) is 0.513. The molecule has 1 unspecified atom stereocenters. The minimum absolute atomic E-state index is 0.0147. The molecule has 0 radical (unpaired) electrons. The van der Waals surface area contributed by atoms with Gasteiger partial charge in [-0.05, 0) is 68.5 Å². The highest BCUT2D eigenvalue weighted by molar-refractivity contribution is 8.00. The largest absolute Gasteiger partial charge is 0.399 e. The van der Waals surface area contributed by atoms with Crippen LogP contribution in [-0.4, -0.2) is 23.6 Å². The lowest BCUT2D eigenvalue weighted by Crippen LogP contribution is -2.32. The van der Waals surface area contributed by atoms with Crippen molar-refractivity contribution in [3.8, 4) is 0 Å². The molecule has 1 atom stereocenters. The first-order valence-electron chi connectivity index (χ1n) is 9.64. The highest BCUT2D eigenvalue weighted by atomic mass is 32.2. The van der Waals surface area contributed by atoms with Crippen molar-refractivity contribution in [1.82, 2.24) is 10.6 Å². The zero-order valence-corrected chi connectivity index (χ0v) is 17.1. The van der Waals surface area contributed by atoms with Gasteiger partial charge in [0.25, 0.3) is 5.91 Å². The van der Waals surface area contributed by atoms with E-state index < -0.39 is 0 Å². The van der Waals surface area contributed by atoms with Gasteiger partial charge < -0.3 is 16.4 Å². The number of carbonyl (C=O) groups is 2. The number of nitrogens with two attached hydrogens (primary N) is 1. The number of thioether (sulfide) groups is 1. The van der Waals surface area contributed by atoms with Gasteiger partial charge in [-0.2, -0.15) is 0 Å². The van der Waals surface area contributed by atoms with E-state index >= 15 is 0 Å². The Morgan fingerprint density at radius 1 is 1.21 bits per heavy atom. The Morgan fingerprint density at radius 2 is 2.00 bits per heavy atom. The van der Waals surface area contributed by atoms with E-state index in [-0.39, 0.29) is 29.7 Å². The van der Waals surface area contributed by atoms with Gasteiger partial charge >= 0.3 is 0 Å². The molecule has 0 fully saturated rings. The average Bonchev–Trinajstić information content (AvgIpc) is 2.66. The van der Waals surface area contributed by atoms with E-state index in [2.05, 4.69) is 10.6 Å². The van der Waals surface area contributed by atoms with Crippen molar-refractivity contribution in [2.45, 2.75) is 50.1 Å². The second-order valence-corrected chi connectivity index (χ2v) is 8.40. The summed E-state index contributed by atoms with van der Waals surface area (Å²) in [4.78, 5) is 25.7. The van der Waals surface area contributed by atoms with Crippen LogP contribution in [0.3, 0.4) is 0 Å². The van der Waals surface area contributed by atoms with E-state index in [0.717, 1.165) is 35.4 Å². The second kappa shape index (κ2) is 9.15. The lowest BCUT2D eigenvalue weighted by atomic mass is 9.87. The van der Waals surface area contributed by atoms with Crippen LogP contribution in [0, 0.1) is 0 Å². The van der Waals surface area contributed by atoms with Crippen molar-refractivity contribution >= 4 is 29.3 Å². The molecule has 0 aliphatic heterocycles. The predicted molar refractivity (Wildman–Crippen MR) is 114 cm³/mol. The van der Waals surface area contributed by atoms with Gasteiger partial charge in [0.05, 0.1) is 17.4 Å². The summed E-state index contributed by atoms with van der Waals surface area (Å²) in [5.74, 6) is 0.143. The second-order valence-electron chi connectivity index (χ2n) is 7.38. The summed E-state index contributed by atoms with van der Waals surface area (Å²) in [6.07, 6.45) is 2.92. The van der Waals surface area contributed by atoms with E-state index in [4.69, 9.17) is 5.73 Å². The van der Waals surface area contributed by atoms with Crippen molar-refractivity contribution in [3.63, 3.8) is 0 Å². The molecule has 2 aromatic carbocycles. The lowest BCUT2D eigenvalue weighted by molar-refractivity contribution is -0.119. The molecule has 4 N–H and O–H groups in total. The van der Waals surface area contributed by atoms with Crippen LogP contribution in [-0.2, 0) is 11.2 Å². The molecular formula is C22H27N3O2S. The standard InChI is InChI=1S/C22H27N3O2S/c1-14(2)24-21(26)13-28-20-9-4-3-7-18(20)22(27)25-19-8-5-6-15-12-16(23)10-11-17(15)19/h3-4,7,9-12,14,19H,5-6,8,13,23H2,1-2H3,(H,24,26)(H,25,27). The van der Waals surface area contributed by atoms with E-state index in [1.54, 1.807) is 0 Å². The Kier molecular flexibility index (Phi) is 6.62. The third kappa shape index (κ3) is 5.07. The Bertz CT molecular complexity index is 867. The third-order valence-electron chi connectivity index (χ3n) is 4.73. The fraction of sp³-hybridized carbons (Fsp3) is 0.364. The van der Waals surface area contributed by atoms with E-state index in [0.29, 0.717) is 5.56 Å². The number of nitrogen functional groups attached to an aromatic ring is 1. The molecule has 0 bridgehead atoms. The fourth-order valence-corrected chi connectivity index (χ4v) is 4.37. The van der Waals surface area contributed by atoms with Crippen LogP contribution in [0.15, 0.2) is 47.4 Å². The predicted octanol–water partition coefficient (Wildman–Crippen LogP) is 3.69. The summed E-state index contributed by atoms with van der Waals surface area (Å²) < 4.78 is 0. The molecule has 1 aliphatic rings. The number of aryl methyl sites for hydroxylation is 1. The highest BCUT2D eigenvalue weighted by Gasteiger charge is 2.23. The summed E-state index contributed by atoms with van der Waals surface area (Å²) >= 11 is 1.39. The number of nitrogens with one attached hydrogen (secondary N) is 2. The maximum Gasteiger partial charge on any atom is 0.252 e. The van der Waals surface area contributed by atoms with E-state index in [1.165, 1.54) is 17.3 Å². The van der Waals surface area contributed by atoms with Crippen LogP contribution in [0.5, 0.6) is 0 Å².